The van der Waals surface area contributed by atoms with Gasteiger partial charge in [-0.25, -0.2) is 0 Å². The number of nitrogens with zero attached hydrogens (tertiary/aromatic N) is 1. The highest BCUT2D eigenvalue weighted by Crippen LogP contribution is 2.19. The first-order chi connectivity index (χ1) is 8.27. The summed E-state index contributed by atoms with van der Waals surface area (Å²) in [4.78, 5) is 0. The average Bonchev–Trinajstić information content (AvgIpc) is 2.35. The van der Waals surface area contributed by atoms with Crippen LogP contribution in [0.25, 0.3) is 0 Å². The summed E-state index contributed by atoms with van der Waals surface area (Å²) in [5.74, 6) is 0. The molecule has 17 heavy (non-hydrogen) atoms. The normalized spacial score (nSPS) is 9.88. The van der Waals surface area contributed by atoms with Gasteiger partial charge in [0.25, 0.3) is 0 Å². The Hall–Kier alpha value is -1.77. The summed E-state index contributed by atoms with van der Waals surface area (Å²) < 4.78 is 5.12. The van der Waals surface area contributed by atoms with Crippen molar-refractivity contribution in [2.75, 3.05) is 37.4 Å². The zero-order valence-electron chi connectivity index (χ0n) is 9.65. The van der Waals surface area contributed by atoms with Crippen LogP contribution in [0, 0.1) is 11.3 Å². The van der Waals surface area contributed by atoms with E-state index in [0.29, 0.717) is 31.0 Å². The van der Waals surface area contributed by atoms with Crippen LogP contribution in [0.2, 0.25) is 0 Å². The molecule has 0 aromatic heterocycles. The maximum Gasteiger partial charge on any atom is 0.0992 e. The van der Waals surface area contributed by atoms with Crippen LogP contribution in [0.15, 0.2) is 18.2 Å². The number of hydrogen-bond donors (Lipinski definition) is 3. The van der Waals surface area contributed by atoms with Gasteiger partial charge in [0.15, 0.2) is 0 Å². The molecule has 0 amide bonds. The Morgan fingerprint density at radius 1 is 1.41 bits per heavy atom. The van der Waals surface area contributed by atoms with Crippen LogP contribution >= 0.6 is 0 Å². The number of nitrogens with two attached hydrogens (primary N) is 1. The van der Waals surface area contributed by atoms with E-state index in [9.17, 15) is 0 Å². The van der Waals surface area contributed by atoms with E-state index in [1.807, 2.05) is 0 Å². The predicted octanol–water partition coefficient (Wildman–Crippen LogP) is 0.951. The van der Waals surface area contributed by atoms with E-state index in [1.54, 1.807) is 18.2 Å². The Labute approximate surface area is 101 Å². The molecule has 1 aromatic carbocycles. The van der Waals surface area contributed by atoms with Crippen molar-refractivity contribution in [3.05, 3.63) is 23.8 Å². The Balaban J connectivity index is 2.33. The lowest BCUT2D eigenvalue weighted by molar-refractivity contribution is 0.0922. The molecule has 0 aliphatic carbocycles. The lowest BCUT2D eigenvalue weighted by Crippen LogP contribution is -2.08. The van der Waals surface area contributed by atoms with Crippen molar-refractivity contribution < 1.29 is 9.84 Å². The van der Waals surface area contributed by atoms with Crippen molar-refractivity contribution in [2.24, 2.45) is 0 Å². The Bertz CT molecular complexity index is 388. The standard InChI is InChI=1S/C12H17N3O2/c13-9-10-2-3-11(14)12(8-10)15-4-1-6-17-7-5-16/h2-3,8,15-16H,1,4-7,14H2. The van der Waals surface area contributed by atoms with Gasteiger partial charge < -0.3 is 20.9 Å². The fourth-order valence-electron chi connectivity index (χ4n) is 1.34. The molecule has 0 aliphatic heterocycles. The molecule has 0 heterocycles. The Morgan fingerprint density at radius 3 is 2.94 bits per heavy atom. The topological polar surface area (TPSA) is 91.3 Å². The molecule has 0 atom stereocenters. The second-order valence-electron chi connectivity index (χ2n) is 3.53. The van der Waals surface area contributed by atoms with Gasteiger partial charge in [-0.15, -0.1) is 0 Å². The molecule has 0 saturated carbocycles. The number of nitrogen functional groups attached to an aromatic ring is 1. The highest BCUT2D eigenvalue weighted by Gasteiger charge is 2.00. The zero-order chi connectivity index (χ0) is 12.5. The third-order valence-corrected chi connectivity index (χ3v) is 2.20. The maximum atomic E-state index is 8.76. The number of rotatable bonds is 7. The van der Waals surface area contributed by atoms with Crippen LogP contribution in [0.4, 0.5) is 11.4 Å². The largest absolute Gasteiger partial charge is 0.397 e. The second-order valence-corrected chi connectivity index (χ2v) is 3.53. The molecule has 0 spiro atoms. The Morgan fingerprint density at radius 2 is 2.24 bits per heavy atom. The molecule has 5 nitrogen and oxygen atoms in total. The highest BCUT2D eigenvalue weighted by atomic mass is 16.5. The lowest BCUT2D eigenvalue weighted by atomic mass is 10.2. The minimum atomic E-state index is 0.0462. The van der Waals surface area contributed by atoms with Gasteiger partial charge in [0, 0.05) is 13.2 Å². The van der Waals surface area contributed by atoms with Gasteiger partial charge in [-0.3, -0.25) is 0 Å². The fourth-order valence-corrected chi connectivity index (χ4v) is 1.34. The number of anilines is 2. The maximum absolute atomic E-state index is 8.76. The fraction of sp³-hybridized carbons (Fsp3) is 0.417. The summed E-state index contributed by atoms with van der Waals surface area (Å²) in [6, 6.07) is 7.19. The molecule has 5 heteroatoms. The van der Waals surface area contributed by atoms with Gasteiger partial charge in [-0.1, -0.05) is 0 Å². The van der Waals surface area contributed by atoms with Crippen LogP contribution in [-0.2, 0) is 4.74 Å². The molecule has 0 saturated heterocycles. The first-order valence-electron chi connectivity index (χ1n) is 5.50. The van der Waals surface area contributed by atoms with Gasteiger partial charge >= 0.3 is 0 Å². The number of nitriles is 1. The molecule has 0 aliphatic rings. The number of ether oxygens (including phenoxy) is 1. The van der Waals surface area contributed by atoms with Gasteiger partial charge in [-0.2, -0.15) is 5.26 Å². The predicted molar refractivity (Wildman–Crippen MR) is 66.6 cm³/mol. The second kappa shape index (κ2) is 7.49. The molecule has 0 radical (unpaired) electrons. The van der Waals surface area contributed by atoms with Crippen LogP contribution < -0.4 is 11.1 Å². The minimum absolute atomic E-state index is 0.0462. The minimum Gasteiger partial charge on any atom is -0.397 e. The molecule has 1 rings (SSSR count). The third kappa shape index (κ3) is 4.72. The number of aliphatic hydroxyl groups excluding tert-OH is 1. The van der Waals surface area contributed by atoms with E-state index in [2.05, 4.69) is 11.4 Å². The quantitative estimate of drug-likeness (QED) is 0.483. The van der Waals surface area contributed by atoms with Crippen molar-refractivity contribution in [1.29, 1.82) is 5.26 Å². The van der Waals surface area contributed by atoms with E-state index in [0.717, 1.165) is 12.1 Å². The van der Waals surface area contributed by atoms with E-state index in [-0.39, 0.29) is 6.61 Å². The monoisotopic (exact) mass is 235 g/mol. The third-order valence-electron chi connectivity index (χ3n) is 2.20. The van der Waals surface area contributed by atoms with Gasteiger partial charge in [0.1, 0.15) is 0 Å². The molecule has 0 unspecified atom stereocenters. The molecular weight excluding hydrogens is 218 g/mol. The van der Waals surface area contributed by atoms with Crippen molar-refractivity contribution >= 4 is 11.4 Å². The molecule has 1 aromatic rings. The van der Waals surface area contributed by atoms with Crippen molar-refractivity contribution in [3.63, 3.8) is 0 Å². The van der Waals surface area contributed by atoms with Crippen molar-refractivity contribution in [3.8, 4) is 6.07 Å². The smallest absolute Gasteiger partial charge is 0.0992 e. The summed E-state index contributed by atoms with van der Waals surface area (Å²) in [5.41, 5.74) is 7.75. The Kier molecular flexibility index (Phi) is 5.86. The summed E-state index contributed by atoms with van der Waals surface area (Å²) in [6.45, 7) is 1.71. The van der Waals surface area contributed by atoms with Crippen LogP contribution in [0.3, 0.4) is 0 Å². The summed E-state index contributed by atoms with van der Waals surface area (Å²) in [5, 5.41) is 20.4. The SMILES string of the molecule is N#Cc1ccc(N)c(NCCCOCCO)c1. The highest BCUT2D eigenvalue weighted by molar-refractivity contribution is 5.68. The van der Waals surface area contributed by atoms with Crippen LogP contribution in [0.1, 0.15) is 12.0 Å². The van der Waals surface area contributed by atoms with Crippen molar-refractivity contribution in [2.45, 2.75) is 6.42 Å². The van der Waals surface area contributed by atoms with Crippen LogP contribution in [0.5, 0.6) is 0 Å². The lowest BCUT2D eigenvalue weighted by Gasteiger charge is -2.09. The first kappa shape index (κ1) is 13.3. The first-order valence-corrected chi connectivity index (χ1v) is 5.50. The number of aliphatic hydroxyl groups is 1. The van der Waals surface area contributed by atoms with Crippen LogP contribution in [-0.4, -0.2) is 31.5 Å². The number of nitrogens with one attached hydrogen (secondary N) is 1. The summed E-state index contributed by atoms with van der Waals surface area (Å²) >= 11 is 0. The molecule has 4 N–H and O–H groups in total. The number of hydrogen-bond acceptors (Lipinski definition) is 5. The zero-order valence-corrected chi connectivity index (χ0v) is 9.65. The average molecular weight is 235 g/mol. The molecule has 0 bridgehead atoms. The molecular formula is C12H17N3O2. The van der Waals surface area contributed by atoms with E-state index in [4.69, 9.17) is 20.8 Å². The van der Waals surface area contributed by atoms with Gasteiger partial charge in [-0.05, 0) is 24.6 Å². The van der Waals surface area contributed by atoms with E-state index < -0.39 is 0 Å². The molecule has 92 valence electrons. The summed E-state index contributed by atoms with van der Waals surface area (Å²) in [7, 11) is 0. The van der Waals surface area contributed by atoms with Gasteiger partial charge in [0.2, 0.25) is 0 Å². The van der Waals surface area contributed by atoms with Gasteiger partial charge in [0.05, 0.1) is 36.2 Å². The van der Waals surface area contributed by atoms with E-state index in [1.165, 1.54) is 0 Å². The number of benzene rings is 1. The molecule has 0 fully saturated rings. The summed E-state index contributed by atoms with van der Waals surface area (Å²) in [6.07, 6.45) is 0.816. The van der Waals surface area contributed by atoms with Crippen molar-refractivity contribution in [1.82, 2.24) is 0 Å². The van der Waals surface area contributed by atoms with E-state index >= 15 is 0 Å².